The molecule has 0 heterocycles. The molecule has 2 atom stereocenters. The molecule has 3 nitrogen and oxygen atoms in total. The molecule has 0 radical (unpaired) electrons. The molecule has 1 aliphatic carbocycles. The van der Waals surface area contributed by atoms with E-state index in [1.807, 2.05) is 19.9 Å². The Morgan fingerprint density at radius 2 is 2.12 bits per heavy atom. The maximum atomic E-state index is 10.5. The molecule has 17 heavy (non-hydrogen) atoms. The van der Waals surface area contributed by atoms with Crippen LogP contribution in [0, 0.1) is 11.3 Å². The molecule has 0 aromatic carbocycles. The molecule has 0 amide bonds. The Labute approximate surface area is 108 Å². The molecule has 4 heteroatoms. The smallest absolute Gasteiger partial charge is 0.450 e. The van der Waals surface area contributed by atoms with Crippen LogP contribution >= 0.6 is 11.6 Å². The second-order valence-corrected chi connectivity index (χ2v) is 5.71. The van der Waals surface area contributed by atoms with Crippen LogP contribution in [0.5, 0.6) is 0 Å². The van der Waals surface area contributed by atoms with Crippen LogP contribution in [0.2, 0.25) is 0 Å². The van der Waals surface area contributed by atoms with Gasteiger partial charge in [-0.3, -0.25) is 0 Å². The number of carboxylic acid groups (broad SMARTS) is 1. The van der Waals surface area contributed by atoms with Gasteiger partial charge in [0.25, 0.3) is 0 Å². The van der Waals surface area contributed by atoms with Crippen molar-refractivity contribution in [2.75, 3.05) is 0 Å². The lowest BCUT2D eigenvalue weighted by atomic mass is 10.1. The predicted octanol–water partition coefficient (Wildman–Crippen LogP) is 4.41. The van der Waals surface area contributed by atoms with Gasteiger partial charge in [0.15, 0.2) is 0 Å². The van der Waals surface area contributed by atoms with E-state index < -0.39 is 6.16 Å². The van der Waals surface area contributed by atoms with E-state index in [1.54, 1.807) is 0 Å². The monoisotopic (exact) mass is 260 g/mol. The Hall–Kier alpha value is -0.700. The summed E-state index contributed by atoms with van der Waals surface area (Å²) >= 11 is 6.14. The Balaban J connectivity index is 2.45. The lowest BCUT2D eigenvalue weighted by molar-refractivity contribution is 0.0732. The summed E-state index contributed by atoms with van der Waals surface area (Å²) in [6.07, 6.45) is 4.81. The van der Waals surface area contributed by atoms with Crippen LogP contribution in [0.15, 0.2) is 11.1 Å². The third-order valence-corrected chi connectivity index (χ3v) is 3.73. The van der Waals surface area contributed by atoms with Crippen LogP contribution in [0.4, 0.5) is 4.79 Å². The number of halogens is 1. The Kier molecular flexibility index (Phi) is 4.87. The third-order valence-electron chi connectivity index (χ3n) is 3.42. The molecule has 0 saturated heterocycles. The molecule has 0 aliphatic heterocycles. The van der Waals surface area contributed by atoms with Crippen LogP contribution in [0.3, 0.4) is 0 Å². The van der Waals surface area contributed by atoms with Gasteiger partial charge in [-0.2, -0.15) is 0 Å². The van der Waals surface area contributed by atoms with Gasteiger partial charge >= 0.3 is 6.16 Å². The summed E-state index contributed by atoms with van der Waals surface area (Å²) in [5, 5.41) is 9.43. The number of rotatable bonds is 6. The van der Waals surface area contributed by atoms with Crippen LogP contribution in [-0.4, -0.2) is 17.4 Å². The average molecular weight is 261 g/mol. The molecule has 1 rings (SSSR count). The van der Waals surface area contributed by atoms with E-state index >= 15 is 0 Å². The first-order valence-corrected chi connectivity index (χ1v) is 6.53. The minimum Gasteiger partial charge on any atom is -0.450 e. The van der Waals surface area contributed by atoms with Gasteiger partial charge in [0.1, 0.15) is 6.10 Å². The molecule has 0 bridgehead atoms. The molecule has 0 unspecified atom stereocenters. The average Bonchev–Trinajstić information content (AvgIpc) is 2.69. The van der Waals surface area contributed by atoms with Gasteiger partial charge < -0.3 is 9.84 Å². The summed E-state index contributed by atoms with van der Waals surface area (Å²) in [5.74, 6) is 0.118. The summed E-state index contributed by atoms with van der Waals surface area (Å²) in [6.45, 7) is 6.15. The third kappa shape index (κ3) is 3.91. The number of hydrogen-bond donors (Lipinski definition) is 1. The molecule has 0 aromatic heterocycles. The van der Waals surface area contributed by atoms with Crippen molar-refractivity contribution in [3.63, 3.8) is 0 Å². The molecule has 1 fully saturated rings. The van der Waals surface area contributed by atoms with Gasteiger partial charge in [0.2, 0.25) is 0 Å². The maximum Gasteiger partial charge on any atom is 0.506 e. The molecule has 1 aliphatic rings. The molecular formula is C13H21ClO3. The standard InChI is InChI=1S/C13H21ClO3/c1-4-5-6-7-9(14)8-10-11(13(10,2)3)17-12(15)16/h8,10-11H,4-7H2,1-3H3,(H,15,16)/b9-8-/t10-,11-/m1/s1. The second kappa shape index (κ2) is 5.76. The van der Waals surface area contributed by atoms with Crippen LogP contribution < -0.4 is 0 Å². The number of ether oxygens (including phenoxy) is 1. The molecule has 1 N–H and O–H groups in total. The van der Waals surface area contributed by atoms with Gasteiger partial charge in [0.05, 0.1) is 0 Å². The minimum absolute atomic E-state index is 0.118. The van der Waals surface area contributed by atoms with Gasteiger partial charge in [-0.1, -0.05) is 51.3 Å². The molecule has 0 spiro atoms. The van der Waals surface area contributed by atoms with Crippen molar-refractivity contribution in [3.8, 4) is 0 Å². The van der Waals surface area contributed by atoms with Crippen molar-refractivity contribution in [2.45, 2.75) is 52.6 Å². The lowest BCUT2D eigenvalue weighted by Crippen LogP contribution is -2.07. The summed E-state index contributed by atoms with van der Waals surface area (Å²) in [5.41, 5.74) is -0.122. The van der Waals surface area contributed by atoms with Crippen molar-refractivity contribution < 1.29 is 14.6 Å². The topological polar surface area (TPSA) is 46.5 Å². The van der Waals surface area contributed by atoms with E-state index in [0.29, 0.717) is 0 Å². The fourth-order valence-electron chi connectivity index (χ4n) is 2.09. The summed E-state index contributed by atoms with van der Waals surface area (Å²) in [4.78, 5) is 10.5. The number of unbranched alkanes of at least 4 members (excludes halogenated alkanes) is 2. The van der Waals surface area contributed by atoms with E-state index in [0.717, 1.165) is 17.9 Å². The second-order valence-electron chi connectivity index (χ2n) is 5.22. The molecular weight excluding hydrogens is 240 g/mol. The van der Waals surface area contributed by atoms with Gasteiger partial charge in [-0.05, 0) is 12.8 Å². The van der Waals surface area contributed by atoms with Crippen molar-refractivity contribution in [2.24, 2.45) is 11.3 Å². The van der Waals surface area contributed by atoms with Gasteiger partial charge in [-0.15, -0.1) is 0 Å². The highest BCUT2D eigenvalue weighted by molar-refractivity contribution is 6.29. The SMILES string of the molecule is CCCCC/C(Cl)=C/[C@@H]1[C@@H](OC(=O)O)C1(C)C. The quantitative estimate of drug-likeness (QED) is 0.568. The normalized spacial score (nSPS) is 26.7. The van der Waals surface area contributed by atoms with Crippen LogP contribution in [0.1, 0.15) is 46.5 Å². The Bertz CT molecular complexity index is 310. The van der Waals surface area contributed by atoms with Crippen LogP contribution in [0.25, 0.3) is 0 Å². The van der Waals surface area contributed by atoms with Crippen LogP contribution in [-0.2, 0) is 4.74 Å². The van der Waals surface area contributed by atoms with Crippen molar-refractivity contribution in [3.05, 3.63) is 11.1 Å². The predicted molar refractivity (Wildman–Crippen MR) is 68.2 cm³/mol. The highest BCUT2D eigenvalue weighted by atomic mass is 35.5. The Morgan fingerprint density at radius 1 is 1.47 bits per heavy atom. The van der Waals surface area contributed by atoms with E-state index in [-0.39, 0.29) is 17.4 Å². The zero-order valence-electron chi connectivity index (χ0n) is 10.7. The molecule has 1 saturated carbocycles. The fourth-order valence-corrected chi connectivity index (χ4v) is 2.36. The van der Waals surface area contributed by atoms with Gasteiger partial charge in [0, 0.05) is 16.4 Å². The van der Waals surface area contributed by atoms with Crippen molar-refractivity contribution >= 4 is 17.8 Å². The first-order valence-electron chi connectivity index (χ1n) is 6.15. The van der Waals surface area contributed by atoms with E-state index in [2.05, 4.69) is 6.92 Å². The summed E-state index contributed by atoms with van der Waals surface area (Å²) < 4.78 is 4.83. The fraction of sp³-hybridized carbons (Fsp3) is 0.769. The first kappa shape index (κ1) is 14.4. The van der Waals surface area contributed by atoms with E-state index in [1.165, 1.54) is 12.8 Å². The highest BCUT2D eigenvalue weighted by Crippen LogP contribution is 2.55. The zero-order valence-corrected chi connectivity index (χ0v) is 11.5. The van der Waals surface area contributed by atoms with Crippen molar-refractivity contribution in [1.82, 2.24) is 0 Å². The summed E-state index contributed by atoms with van der Waals surface area (Å²) in [7, 11) is 0. The largest absolute Gasteiger partial charge is 0.506 e. The molecule has 98 valence electrons. The lowest BCUT2D eigenvalue weighted by Gasteiger charge is -1.99. The number of carbonyl (C=O) groups is 1. The number of hydrogen-bond acceptors (Lipinski definition) is 2. The van der Waals surface area contributed by atoms with Crippen molar-refractivity contribution in [1.29, 1.82) is 0 Å². The molecule has 0 aromatic rings. The zero-order chi connectivity index (χ0) is 13.1. The first-order chi connectivity index (χ1) is 7.89. The summed E-state index contributed by atoms with van der Waals surface area (Å²) in [6, 6.07) is 0. The van der Waals surface area contributed by atoms with E-state index in [4.69, 9.17) is 21.4 Å². The Morgan fingerprint density at radius 3 is 2.65 bits per heavy atom. The maximum absolute atomic E-state index is 10.5. The van der Waals surface area contributed by atoms with E-state index in [9.17, 15) is 4.79 Å². The minimum atomic E-state index is -1.21. The number of allylic oxidation sites excluding steroid dienone is 1. The highest BCUT2D eigenvalue weighted by Gasteiger charge is 2.59. The van der Waals surface area contributed by atoms with Gasteiger partial charge in [-0.25, -0.2) is 4.79 Å².